The summed E-state index contributed by atoms with van der Waals surface area (Å²) in [5, 5.41) is 3.68. The number of hydrogen-bond donors (Lipinski definition) is 1. The smallest absolute Gasteiger partial charge is 0.0701 e. The lowest BCUT2D eigenvalue weighted by Gasteiger charge is -2.32. The van der Waals surface area contributed by atoms with Crippen LogP contribution < -0.4 is 5.32 Å². The molecule has 1 atom stereocenters. The van der Waals surface area contributed by atoms with Gasteiger partial charge in [-0.05, 0) is 72.8 Å². The molecule has 2 fully saturated rings. The highest BCUT2D eigenvalue weighted by Gasteiger charge is 2.24. The van der Waals surface area contributed by atoms with Gasteiger partial charge in [-0.2, -0.15) is 0 Å². The Morgan fingerprint density at radius 2 is 2.22 bits per heavy atom. The maximum Gasteiger partial charge on any atom is 0.0701 e. The minimum atomic E-state index is 0.855. The van der Waals surface area contributed by atoms with Crippen LogP contribution in [-0.4, -0.2) is 30.6 Å². The van der Waals surface area contributed by atoms with Crippen molar-refractivity contribution in [3.63, 3.8) is 0 Å². The van der Waals surface area contributed by atoms with Crippen molar-refractivity contribution < 1.29 is 0 Å². The molecule has 0 spiro atoms. The van der Waals surface area contributed by atoms with E-state index >= 15 is 0 Å². The molecule has 2 aliphatic rings. The van der Waals surface area contributed by atoms with E-state index in [2.05, 4.69) is 38.3 Å². The fourth-order valence-electron chi connectivity index (χ4n) is 2.74. The second-order valence-corrected chi connectivity index (χ2v) is 8.18. The van der Waals surface area contributed by atoms with Crippen molar-refractivity contribution in [2.75, 3.05) is 19.6 Å². The van der Waals surface area contributed by atoms with Crippen molar-refractivity contribution in [3.8, 4) is 0 Å². The Hall–Kier alpha value is 0.1000. The summed E-state index contributed by atoms with van der Waals surface area (Å²) in [5.74, 6) is 0.864. The van der Waals surface area contributed by atoms with E-state index in [9.17, 15) is 0 Å². The Morgan fingerprint density at radius 1 is 1.33 bits per heavy atom. The summed E-state index contributed by atoms with van der Waals surface area (Å²) >= 11 is 5.42. The van der Waals surface area contributed by atoms with Crippen LogP contribution in [0.25, 0.3) is 0 Å². The predicted molar refractivity (Wildman–Crippen MR) is 81.0 cm³/mol. The quantitative estimate of drug-likeness (QED) is 0.890. The molecule has 1 saturated heterocycles. The summed E-state index contributed by atoms with van der Waals surface area (Å²) in [6, 6.07) is 5.27. The molecule has 0 radical (unpaired) electrons. The van der Waals surface area contributed by atoms with E-state index in [1.807, 2.05) is 11.3 Å². The fourth-order valence-corrected chi connectivity index (χ4v) is 4.27. The number of halogens is 1. The molecule has 1 aliphatic carbocycles. The topological polar surface area (TPSA) is 15.3 Å². The summed E-state index contributed by atoms with van der Waals surface area (Å²) in [5.41, 5.74) is 0. The van der Waals surface area contributed by atoms with E-state index in [1.54, 1.807) is 0 Å². The Balaban J connectivity index is 1.46. The molecule has 4 heteroatoms. The van der Waals surface area contributed by atoms with Crippen LogP contribution in [0, 0.1) is 5.92 Å². The molecule has 100 valence electrons. The number of likely N-dealkylation sites (tertiary alicyclic amines) is 1. The highest BCUT2D eigenvalue weighted by molar-refractivity contribution is 9.11. The van der Waals surface area contributed by atoms with Gasteiger partial charge < -0.3 is 5.32 Å². The van der Waals surface area contributed by atoms with Crippen molar-refractivity contribution in [1.82, 2.24) is 10.2 Å². The second-order valence-electron chi connectivity index (χ2n) is 5.63. The first-order valence-electron chi connectivity index (χ1n) is 6.99. The van der Waals surface area contributed by atoms with Crippen LogP contribution in [0.2, 0.25) is 0 Å². The molecular weight excluding hydrogens is 308 g/mol. The summed E-state index contributed by atoms with van der Waals surface area (Å²) in [4.78, 5) is 4.11. The first-order chi connectivity index (χ1) is 8.79. The van der Waals surface area contributed by atoms with E-state index < -0.39 is 0 Å². The van der Waals surface area contributed by atoms with Gasteiger partial charge >= 0.3 is 0 Å². The molecule has 1 aliphatic heterocycles. The molecule has 2 nitrogen and oxygen atoms in total. The number of hydrogen-bond acceptors (Lipinski definition) is 3. The zero-order valence-electron chi connectivity index (χ0n) is 10.7. The third-order valence-corrected chi connectivity index (χ3v) is 5.49. The van der Waals surface area contributed by atoms with Crippen LogP contribution in [0.4, 0.5) is 0 Å². The van der Waals surface area contributed by atoms with E-state index in [0.717, 1.165) is 18.5 Å². The molecular formula is C14H21BrN2S. The van der Waals surface area contributed by atoms with Crippen molar-refractivity contribution in [3.05, 3.63) is 20.8 Å². The molecule has 1 N–H and O–H groups in total. The Bertz CT molecular complexity index is 389. The van der Waals surface area contributed by atoms with Gasteiger partial charge in [-0.15, -0.1) is 11.3 Å². The molecule has 18 heavy (non-hydrogen) atoms. The molecule has 3 rings (SSSR count). The van der Waals surface area contributed by atoms with Gasteiger partial charge in [0, 0.05) is 24.0 Å². The van der Waals surface area contributed by atoms with Gasteiger partial charge in [-0.1, -0.05) is 0 Å². The average molecular weight is 329 g/mol. The van der Waals surface area contributed by atoms with Gasteiger partial charge in [0.25, 0.3) is 0 Å². The number of piperidine rings is 1. The van der Waals surface area contributed by atoms with E-state index in [1.165, 1.54) is 54.0 Å². The Kier molecular flexibility index (Phi) is 4.39. The highest BCUT2D eigenvalue weighted by Crippen LogP contribution is 2.26. The average Bonchev–Trinajstić information content (AvgIpc) is 3.11. The van der Waals surface area contributed by atoms with Crippen molar-refractivity contribution in [2.24, 2.45) is 5.92 Å². The predicted octanol–water partition coefficient (Wildman–Crippen LogP) is 3.47. The minimum absolute atomic E-state index is 0.855. The van der Waals surface area contributed by atoms with E-state index in [4.69, 9.17) is 0 Å². The normalized spacial score (nSPS) is 25.5. The molecule has 1 aromatic heterocycles. The minimum Gasteiger partial charge on any atom is -0.314 e. The van der Waals surface area contributed by atoms with Crippen LogP contribution in [0.5, 0.6) is 0 Å². The zero-order chi connectivity index (χ0) is 12.4. The van der Waals surface area contributed by atoms with Gasteiger partial charge in [0.2, 0.25) is 0 Å². The van der Waals surface area contributed by atoms with Gasteiger partial charge in [-0.25, -0.2) is 0 Å². The van der Waals surface area contributed by atoms with Gasteiger partial charge in [0.15, 0.2) is 0 Å². The number of rotatable bonds is 5. The van der Waals surface area contributed by atoms with Crippen LogP contribution in [0.1, 0.15) is 30.6 Å². The number of nitrogens with zero attached hydrogens (tertiary/aromatic N) is 1. The Labute approximate surface area is 122 Å². The monoisotopic (exact) mass is 328 g/mol. The van der Waals surface area contributed by atoms with Crippen LogP contribution in [0.15, 0.2) is 15.9 Å². The summed E-state index contributed by atoms with van der Waals surface area (Å²) in [7, 11) is 0. The van der Waals surface area contributed by atoms with Crippen molar-refractivity contribution >= 4 is 27.3 Å². The van der Waals surface area contributed by atoms with Crippen LogP contribution in [-0.2, 0) is 6.54 Å². The zero-order valence-corrected chi connectivity index (χ0v) is 13.1. The molecule has 2 heterocycles. The van der Waals surface area contributed by atoms with Gasteiger partial charge in [0.1, 0.15) is 0 Å². The standard InChI is InChI=1S/C14H21BrN2S/c15-14-6-5-13(18-14)10-17-7-1-2-11(9-17)8-16-12-3-4-12/h5-6,11-12,16H,1-4,7-10H2. The maximum atomic E-state index is 3.68. The van der Waals surface area contributed by atoms with Gasteiger partial charge in [0.05, 0.1) is 3.79 Å². The van der Waals surface area contributed by atoms with Crippen molar-refractivity contribution in [2.45, 2.75) is 38.3 Å². The SMILES string of the molecule is Brc1ccc(CN2CCCC(CNC3CC3)C2)s1. The lowest BCUT2D eigenvalue weighted by molar-refractivity contribution is 0.166. The fraction of sp³-hybridized carbons (Fsp3) is 0.714. The third kappa shape index (κ3) is 3.80. The first-order valence-corrected chi connectivity index (χ1v) is 8.60. The molecule has 0 bridgehead atoms. The van der Waals surface area contributed by atoms with Crippen LogP contribution in [0.3, 0.4) is 0 Å². The maximum absolute atomic E-state index is 3.68. The van der Waals surface area contributed by atoms with E-state index in [-0.39, 0.29) is 0 Å². The highest BCUT2D eigenvalue weighted by atomic mass is 79.9. The van der Waals surface area contributed by atoms with Gasteiger partial charge in [-0.3, -0.25) is 4.90 Å². The first kappa shape index (κ1) is 13.1. The number of nitrogens with one attached hydrogen (secondary N) is 1. The molecule has 0 amide bonds. The summed E-state index contributed by atoms with van der Waals surface area (Å²) < 4.78 is 1.25. The Morgan fingerprint density at radius 3 is 2.94 bits per heavy atom. The largest absolute Gasteiger partial charge is 0.314 e. The third-order valence-electron chi connectivity index (χ3n) is 3.88. The molecule has 1 saturated carbocycles. The number of thiophene rings is 1. The molecule has 1 unspecified atom stereocenters. The lowest BCUT2D eigenvalue weighted by Crippen LogP contribution is -2.39. The van der Waals surface area contributed by atoms with Crippen LogP contribution >= 0.6 is 27.3 Å². The molecule has 1 aromatic rings. The van der Waals surface area contributed by atoms with Crippen molar-refractivity contribution in [1.29, 1.82) is 0 Å². The summed E-state index contributed by atoms with van der Waals surface area (Å²) in [6.07, 6.45) is 5.58. The second kappa shape index (κ2) is 6.04. The lowest BCUT2D eigenvalue weighted by atomic mass is 9.98. The summed E-state index contributed by atoms with van der Waals surface area (Å²) in [6.45, 7) is 4.91. The molecule has 0 aromatic carbocycles. The van der Waals surface area contributed by atoms with E-state index in [0.29, 0.717) is 0 Å².